The maximum Gasteiger partial charge on any atom is 0.268 e. The van der Waals surface area contributed by atoms with Gasteiger partial charge in [-0.15, -0.1) is 0 Å². The van der Waals surface area contributed by atoms with Crippen molar-refractivity contribution in [1.29, 1.82) is 0 Å². The molecule has 23 heavy (non-hydrogen) atoms. The molecule has 2 aromatic rings. The molecular formula is C18H20N2O3. The molecule has 120 valence electrons. The van der Waals surface area contributed by atoms with Crippen molar-refractivity contribution in [2.24, 2.45) is 0 Å². The van der Waals surface area contributed by atoms with Gasteiger partial charge in [-0.05, 0) is 36.3 Å². The minimum atomic E-state index is -0.282. The van der Waals surface area contributed by atoms with Gasteiger partial charge >= 0.3 is 0 Å². The number of pyridine rings is 1. The van der Waals surface area contributed by atoms with Crippen molar-refractivity contribution < 1.29 is 9.53 Å². The molecule has 0 unspecified atom stereocenters. The summed E-state index contributed by atoms with van der Waals surface area (Å²) in [7, 11) is 1.60. The highest BCUT2D eigenvalue weighted by Gasteiger charge is 2.12. The zero-order valence-corrected chi connectivity index (χ0v) is 13.3. The van der Waals surface area contributed by atoms with Crippen LogP contribution in [0.25, 0.3) is 11.8 Å². The number of hydrogen-bond donors (Lipinski definition) is 1. The van der Waals surface area contributed by atoms with Crippen molar-refractivity contribution in [2.75, 3.05) is 13.7 Å². The van der Waals surface area contributed by atoms with Crippen LogP contribution in [-0.4, -0.2) is 24.1 Å². The van der Waals surface area contributed by atoms with Crippen molar-refractivity contribution in [3.63, 3.8) is 0 Å². The molecule has 1 amide bonds. The topological polar surface area (TPSA) is 60.3 Å². The predicted octanol–water partition coefficient (Wildman–Crippen LogP) is 2.38. The zero-order chi connectivity index (χ0) is 16.7. The van der Waals surface area contributed by atoms with Gasteiger partial charge in [0, 0.05) is 18.8 Å². The largest absolute Gasteiger partial charge is 0.497 e. The average molecular weight is 312 g/mol. The first-order valence-corrected chi connectivity index (χ1v) is 7.47. The van der Waals surface area contributed by atoms with Crippen LogP contribution in [0.3, 0.4) is 0 Å². The number of methoxy groups -OCH3 is 1. The van der Waals surface area contributed by atoms with E-state index in [0.29, 0.717) is 6.54 Å². The van der Waals surface area contributed by atoms with Crippen LogP contribution in [0.4, 0.5) is 0 Å². The molecule has 0 fully saturated rings. The highest BCUT2D eigenvalue weighted by Crippen LogP contribution is 2.15. The smallest absolute Gasteiger partial charge is 0.268 e. The number of amides is 1. The molecule has 0 aliphatic rings. The number of rotatable bonds is 6. The van der Waals surface area contributed by atoms with E-state index in [1.807, 2.05) is 19.1 Å². The first kappa shape index (κ1) is 16.5. The average Bonchev–Trinajstić information content (AvgIpc) is 2.59. The quantitative estimate of drug-likeness (QED) is 0.833. The van der Waals surface area contributed by atoms with Crippen molar-refractivity contribution in [1.82, 2.24) is 9.88 Å². The Hall–Kier alpha value is -2.82. The van der Waals surface area contributed by atoms with E-state index in [4.69, 9.17) is 4.74 Å². The van der Waals surface area contributed by atoms with Crippen molar-refractivity contribution in [3.8, 4) is 5.75 Å². The minimum absolute atomic E-state index is 0.251. The summed E-state index contributed by atoms with van der Waals surface area (Å²) in [6.07, 6.45) is 4.10. The van der Waals surface area contributed by atoms with Crippen molar-refractivity contribution in [2.45, 2.75) is 13.3 Å². The predicted molar refractivity (Wildman–Crippen MR) is 91.2 cm³/mol. The van der Waals surface area contributed by atoms with E-state index in [2.05, 4.69) is 5.32 Å². The van der Waals surface area contributed by atoms with Gasteiger partial charge in [0.25, 0.3) is 11.5 Å². The van der Waals surface area contributed by atoms with E-state index in [0.717, 1.165) is 17.7 Å². The fourth-order valence-electron chi connectivity index (χ4n) is 2.06. The second-order valence-electron chi connectivity index (χ2n) is 4.97. The number of hydrogen-bond acceptors (Lipinski definition) is 3. The molecule has 0 saturated heterocycles. The van der Waals surface area contributed by atoms with E-state index in [-0.39, 0.29) is 17.2 Å². The normalized spacial score (nSPS) is 11.1. The number of carbonyl (C=O) groups excluding carboxylic acids is 1. The van der Waals surface area contributed by atoms with Crippen LogP contribution in [0.5, 0.6) is 5.75 Å². The number of aromatic nitrogens is 1. The van der Waals surface area contributed by atoms with E-state index in [1.165, 1.54) is 10.6 Å². The van der Waals surface area contributed by atoms with Gasteiger partial charge in [-0.1, -0.05) is 25.1 Å². The second-order valence-corrected chi connectivity index (χ2v) is 4.97. The van der Waals surface area contributed by atoms with Gasteiger partial charge in [0.1, 0.15) is 11.4 Å². The Morgan fingerprint density at radius 3 is 2.57 bits per heavy atom. The molecule has 0 saturated carbocycles. The molecular weight excluding hydrogens is 292 g/mol. The fourth-order valence-corrected chi connectivity index (χ4v) is 2.06. The standard InChI is InChI=1S/C18H20N2O3/c1-3-11-19-18(22)16(20-12-5-4-6-17(20)21)13-14-7-9-15(23-2)10-8-14/h4-10,12-13H,3,11H2,1-2H3,(H,19,22). The zero-order valence-electron chi connectivity index (χ0n) is 13.3. The Kier molecular flexibility index (Phi) is 5.74. The summed E-state index contributed by atoms with van der Waals surface area (Å²) in [5.74, 6) is 0.451. The molecule has 1 aromatic heterocycles. The Bertz CT molecular complexity index is 745. The van der Waals surface area contributed by atoms with Crippen molar-refractivity contribution in [3.05, 3.63) is 64.6 Å². The van der Waals surface area contributed by atoms with Crippen LogP contribution in [-0.2, 0) is 4.79 Å². The van der Waals surface area contributed by atoms with Gasteiger partial charge in [-0.2, -0.15) is 0 Å². The molecule has 2 rings (SSSR count). The van der Waals surface area contributed by atoms with Gasteiger partial charge < -0.3 is 10.1 Å². The molecule has 0 atom stereocenters. The summed E-state index contributed by atoms with van der Waals surface area (Å²) >= 11 is 0. The maximum absolute atomic E-state index is 12.4. The Labute approximate surface area is 135 Å². The molecule has 0 aliphatic carbocycles. The van der Waals surface area contributed by atoms with Gasteiger partial charge in [-0.3, -0.25) is 14.2 Å². The highest BCUT2D eigenvalue weighted by atomic mass is 16.5. The highest BCUT2D eigenvalue weighted by molar-refractivity contribution is 6.18. The third-order valence-corrected chi connectivity index (χ3v) is 3.27. The van der Waals surface area contributed by atoms with Crippen LogP contribution < -0.4 is 15.6 Å². The number of carbonyl (C=O) groups is 1. The lowest BCUT2D eigenvalue weighted by Crippen LogP contribution is -2.31. The van der Waals surface area contributed by atoms with E-state index >= 15 is 0 Å². The fraction of sp³-hybridized carbons (Fsp3) is 0.222. The second kappa shape index (κ2) is 7.98. The third-order valence-electron chi connectivity index (χ3n) is 3.27. The summed E-state index contributed by atoms with van der Waals surface area (Å²) in [5.41, 5.74) is 0.844. The summed E-state index contributed by atoms with van der Waals surface area (Å²) in [5, 5.41) is 2.81. The lowest BCUT2D eigenvalue weighted by molar-refractivity contribution is -0.115. The first-order chi connectivity index (χ1) is 11.2. The van der Waals surface area contributed by atoms with Gasteiger partial charge in [0.15, 0.2) is 0 Å². The SMILES string of the molecule is CCCNC(=O)C(=Cc1ccc(OC)cc1)n1ccccc1=O. The van der Waals surface area contributed by atoms with E-state index in [1.54, 1.807) is 43.6 Å². The lowest BCUT2D eigenvalue weighted by atomic mass is 10.1. The summed E-state index contributed by atoms with van der Waals surface area (Å²) in [6, 6.07) is 12.1. The summed E-state index contributed by atoms with van der Waals surface area (Å²) < 4.78 is 6.47. The molecule has 5 heteroatoms. The molecule has 1 aromatic carbocycles. The third kappa shape index (κ3) is 4.32. The summed E-state index contributed by atoms with van der Waals surface area (Å²) in [6.45, 7) is 2.53. The van der Waals surface area contributed by atoms with Crippen molar-refractivity contribution >= 4 is 17.7 Å². The van der Waals surface area contributed by atoms with Crippen LogP contribution >= 0.6 is 0 Å². The molecule has 1 heterocycles. The minimum Gasteiger partial charge on any atom is -0.497 e. The van der Waals surface area contributed by atoms with Gasteiger partial charge in [0.2, 0.25) is 0 Å². The Morgan fingerprint density at radius 1 is 1.22 bits per heavy atom. The van der Waals surface area contributed by atoms with E-state index in [9.17, 15) is 9.59 Å². The molecule has 1 N–H and O–H groups in total. The lowest BCUT2D eigenvalue weighted by Gasteiger charge is -2.11. The van der Waals surface area contributed by atoms with Crippen LogP contribution in [0.15, 0.2) is 53.5 Å². The van der Waals surface area contributed by atoms with Gasteiger partial charge in [-0.25, -0.2) is 0 Å². The van der Waals surface area contributed by atoms with Crippen LogP contribution in [0.2, 0.25) is 0 Å². The number of nitrogens with zero attached hydrogens (tertiary/aromatic N) is 1. The maximum atomic E-state index is 12.4. The molecule has 0 radical (unpaired) electrons. The van der Waals surface area contributed by atoms with Crippen LogP contribution in [0, 0.1) is 0 Å². The number of nitrogens with one attached hydrogen (secondary N) is 1. The number of benzene rings is 1. The monoisotopic (exact) mass is 312 g/mol. The summed E-state index contributed by atoms with van der Waals surface area (Å²) in [4.78, 5) is 24.5. The van der Waals surface area contributed by atoms with E-state index < -0.39 is 0 Å². The Morgan fingerprint density at radius 2 is 1.96 bits per heavy atom. The van der Waals surface area contributed by atoms with Crippen LogP contribution in [0.1, 0.15) is 18.9 Å². The molecule has 0 aliphatic heterocycles. The molecule has 5 nitrogen and oxygen atoms in total. The molecule has 0 bridgehead atoms. The number of ether oxygens (including phenoxy) is 1. The molecule has 0 spiro atoms. The Balaban J connectivity index is 2.43. The van der Waals surface area contributed by atoms with Gasteiger partial charge in [0.05, 0.1) is 7.11 Å². The first-order valence-electron chi connectivity index (χ1n) is 7.47.